The van der Waals surface area contributed by atoms with Gasteiger partial charge < -0.3 is 9.15 Å². The zero-order valence-electron chi connectivity index (χ0n) is 13.0. The van der Waals surface area contributed by atoms with Gasteiger partial charge >= 0.3 is 0 Å². The molecule has 6 nitrogen and oxygen atoms in total. The number of halogens is 1. The summed E-state index contributed by atoms with van der Waals surface area (Å²) in [6, 6.07) is 9.39. The van der Waals surface area contributed by atoms with Crippen LogP contribution in [0.25, 0.3) is 0 Å². The summed E-state index contributed by atoms with van der Waals surface area (Å²) in [7, 11) is 0. The fraction of sp³-hybridized carbons (Fsp3) is 0.294. The highest BCUT2D eigenvalue weighted by atomic mass is 19.1. The van der Waals surface area contributed by atoms with Gasteiger partial charge in [0.25, 0.3) is 5.91 Å². The van der Waals surface area contributed by atoms with Gasteiger partial charge in [0.1, 0.15) is 5.76 Å². The fourth-order valence-electron chi connectivity index (χ4n) is 2.40. The van der Waals surface area contributed by atoms with E-state index in [9.17, 15) is 14.0 Å². The van der Waals surface area contributed by atoms with Gasteiger partial charge in [0.15, 0.2) is 17.7 Å². The number of carbonyl (C=O) groups excluding carboxylic acids is 2. The third kappa shape index (κ3) is 3.56. The van der Waals surface area contributed by atoms with Gasteiger partial charge in [0.2, 0.25) is 5.91 Å². The van der Waals surface area contributed by atoms with Crippen LogP contribution >= 0.6 is 0 Å². The third-order valence-corrected chi connectivity index (χ3v) is 3.85. The Morgan fingerprint density at radius 1 is 1.25 bits per heavy atom. The summed E-state index contributed by atoms with van der Waals surface area (Å²) in [4.78, 5) is 23.9. The molecule has 1 aliphatic carbocycles. The average Bonchev–Trinajstić information content (AvgIpc) is 3.19. The molecule has 3 unspecified atom stereocenters. The molecule has 1 heterocycles. The number of furan rings is 1. The minimum absolute atomic E-state index is 0.0217. The molecule has 7 heteroatoms. The van der Waals surface area contributed by atoms with Crippen molar-refractivity contribution in [2.45, 2.75) is 25.4 Å². The molecule has 1 aromatic carbocycles. The quantitative estimate of drug-likeness (QED) is 0.822. The molecule has 1 aromatic heterocycles. The van der Waals surface area contributed by atoms with E-state index in [2.05, 4.69) is 10.9 Å². The molecular weight excluding hydrogens is 315 g/mol. The smallest absolute Gasteiger partial charge is 0.279 e. The highest BCUT2D eigenvalue weighted by Crippen LogP contribution is 2.47. The van der Waals surface area contributed by atoms with E-state index in [4.69, 9.17) is 9.15 Å². The van der Waals surface area contributed by atoms with Gasteiger partial charge in [-0.3, -0.25) is 20.4 Å². The molecule has 1 saturated carbocycles. The van der Waals surface area contributed by atoms with Crippen LogP contribution < -0.4 is 15.6 Å². The number of hydrogen-bond donors (Lipinski definition) is 2. The monoisotopic (exact) mass is 332 g/mol. The van der Waals surface area contributed by atoms with E-state index >= 15 is 0 Å². The Morgan fingerprint density at radius 3 is 2.75 bits per heavy atom. The summed E-state index contributed by atoms with van der Waals surface area (Å²) in [5.74, 6) is -0.849. The zero-order chi connectivity index (χ0) is 17.1. The number of para-hydroxylation sites is 1. The van der Waals surface area contributed by atoms with Crippen molar-refractivity contribution in [1.82, 2.24) is 10.9 Å². The lowest BCUT2D eigenvalue weighted by Crippen LogP contribution is -2.47. The molecule has 0 aliphatic heterocycles. The molecule has 2 aromatic rings. The summed E-state index contributed by atoms with van der Waals surface area (Å²) in [6.45, 7) is 1.47. The van der Waals surface area contributed by atoms with Crippen LogP contribution in [0.15, 0.2) is 47.1 Å². The van der Waals surface area contributed by atoms with Crippen molar-refractivity contribution in [2.24, 2.45) is 5.92 Å². The highest BCUT2D eigenvalue weighted by Gasteiger charge is 2.46. The molecule has 0 saturated heterocycles. The maximum Gasteiger partial charge on any atom is 0.279 e. The molecule has 1 aliphatic rings. The first-order valence-corrected chi connectivity index (χ1v) is 7.60. The van der Waals surface area contributed by atoms with Crippen molar-refractivity contribution in [1.29, 1.82) is 0 Å². The van der Waals surface area contributed by atoms with Crippen molar-refractivity contribution in [3.8, 4) is 5.75 Å². The third-order valence-electron chi connectivity index (χ3n) is 3.85. The molecule has 1 fully saturated rings. The second kappa shape index (κ2) is 6.74. The van der Waals surface area contributed by atoms with E-state index in [1.165, 1.54) is 25.1 Å². The summed E-state index contributed by atoms with van der Waals surface area (Å²) >= 11 is 0. The van der Waals surface area contributed by atoms with Gasteiger partial charge in [-0.15, -0.1) is 0 Å². The first kappa shape index (κ1) is 16.0. The number of hydrazine groups is 1. The van der Waals surface area contributed by atoms with Crippen molar-refractivity contribution >= 4 is 11.8 Å². The number of rotatable bonds is 5. The Balaban J connectivity index is 1.45. The molecule has 0 spiro atoms. The molecule has 2 amide bonds. The van der Waals surface area contributed by atoms with Gasteiger partial charge in [0, 0.05) is 5.92 Å². The van der Waals surface area contributed by atoms with Gasteiger partial charge in [-0.1, -0.05) is 12.1 Å². The predicted octanol–water partition coefficient (Wildman–Crippen LogP) is 2.14. The molecule has 0 bridgehead atoms. The number of ether oxygens (including phenoxy) is 1. The minimum Gasteiger partial charge on any atom is -0.478 e. The van der Waals surface area contributed by atoms with Crippen LogP contribution in [0, 0.1) is 11.7 Å². The number of amides is 2. The maximum absolute atomic E-state index is 13.5. The normalized spacial score (nSPS) is 20.1. The largest absolute Gasteiger partial charge is 0.478 e. The Bertz CT molecular complexity index is 732. The summed E-state index contributed by atoms with van der Waals surface area (Å²) in [5.41, 5.74) is 4.66. The molecule has 0 radical (unpaired) electrons. The van der Waals surface area contributed by atoms with E-state index in [1.54, 1.807) is 18.4 Å². The van der Waals surface area contributed by atoms with Crippen molar-refractivity contribution < 1.29 is 23.1 Å². The summed E-state index contributed by atoms with van der Waals surface area (Å²) < 4.78 is 24.0. The Morgan fingerprint density at radius 2 is 2.04 bits per heavy atom. The van der Waals surface area contributed by atoms with Gasteiger partial charge in [0.05, 0.1) is 12.2 Å². The number of benzene rings is 1. The topological polar surface area (TPSA) is 80.6 Å². The standard InChI is InChI=1S/C17H17FN2O4/c1-10(24-15-6-3-2-5-13(15)18)16(21)19-20-17(22)12-9-11(12)14-7-4-8-23-14/h2-8,10-12H,9H2,1H3,(H,19,21)(H,20,22). The Hall–Kier alpha value is -2.83. The molecule has 24 heavy (non-hydrogen) atoms. The van der Waals surface area contributed by atoms with Crippen molar-refractivity contribution in [3.63, 3.8) is 0 Å². The van der Waals surface area contributed by atoms with Crippen LogP contribution in [-0.2, 0) is 9.59 Å². The van der Waals surface area contributed by atoms with E-state index in [-0.39, 0.29) is 23.5 Å². The summed E-state index contributed by atoms with van der Waals surface area (Å²) in [5, 5.41) is 0. The lowest BCUT2D eigenvalue weighted by molar-refractivity contribution is -0.133. The molecule has 126 valence electrons. The fourth-order valence-corrected chi connectivity index (χ4v) is 2.40. The van der Waals surface area contributed by atoms with E-state index in [1.807, 2.05) is 6.07 Å². The van der Waals surface area contributed by atoms with Crippen LogP contribution in [0.5, 0.6) is 5.75 Å². The lowest BCUT2D eigenvalue weighted by atomic mass is 10.2. The van der Waals surface area contributed by atoms with Crippen molar-refractivity contribution in [3.05, 3.63) is 54.2 Å². The number of hydrogen-bond acceptors (Lipinski definition) is 4. The van der Waals surface area contributed by atoms with E-state index < -0.39 is 17.8 Å². The van der Waals surface area contributed by atoms with Crippen LogP contribution in [0.1, 0.15) is 25.0 Å². The first-order valence-electron chi connectivity index (χ1n) is 7.60. The van der Waals surface area contributed by atoms with Crippen molar-refractivity contribution in [2.75, 3.05) is 0 Å². The van der Waals surface area contributed by atoms with Crippen LogP contribution in [0.4, 0.5) is 4.39 Å². The maximum atomic E-state index is 13.5. The van der Waals surface area contributed by atoms with Crippen LogP contribution in [0.2, 0.25) is 0 Å². The Kier molecular flexibility index (Phi) is 4.50. The zero-order valence-corrected chi connectivity index (χ0v) is 13.0. The average molecular weight is 332 g/mol. The molecule has 3 rings (SSSR count). The number of carbonyl (C=O) groups is 2. The Labute approximate surface area is 138 Å². The second-order valence-electron chi connectivity index (χ2n) is 5.63. The number of nitrogens with one attached hydrogen (secondary N) is 2. The van der Waals surface area contributed by atoms with Gasteiger partial charge in [-0.25, -0.2) is 4.39 Å². The van der Waals surface area contributed by atoms with Crippen LogP contribution in [-0.4, -0.2) is 17.9 Å². The summed E-state index contributed by atoms with van der Waals surface area (Å²) in [6.07, 6.45) is 1.28. The lowest BCUT2D eigenvalue weighted by Gasteiger charge is -2.15. The first-order chi connectivity index (χ1) is 11.6. The van der Waals surface area contributed by atoms with E-state index in [0.29, 0.717) is 6.42 Å². The molecule has 3 atom stereocenters. The SMILES string of the molecule is CC(Oc1ccccc1F)C(=O)NNC(=O)C1CC1c1ccco1. The predicted molar refractivity (Wildman–Crippen MR) is 82.3 cm³/mol. The van der Waals surface area contributed by atoms with Gasteiger partial charge in [-0.2, -0.15) is 0 Å². The second-order valence-corrected chi connectivity index (χ2v) is 5.63. The van der Waals surface area contributed by atoms with E-state index in [0.717, 1.165) is 5.76 Å². The van der Waals surface area contributed by atoms with Gasteiger partial charge in [-0.05, 0) is 37.6 Å². The molecule has 2 N–H and O–H groups in total. The van der Waals surface area contributed by atoms with Crippen LogP contribution in [0.3, 0.4) is 0 Å². The minimum atomic E-state index is -0.956. The highest BCUT2D eigenvalue weighted by molar-refractivity contribution is 5.87. The molecular formula is C17H17FN2O4.